The molecule has 19 heavy (non-hydrogen) atoms. The fraction of sp³-hybridized carbons (Fsp3) is 0.133. The molecule has 0 atom stereocenters. The van der Waals surface area contributed by atoms with E-state index >= 15 is 0 Å². The lowest BCUT2D eigenvalue weighted by molar-refractivity contribution is 0.102. The molecule has 0 saturated heterocycles. The van der Waals surface area contributed by atoms with Crippen molar-refractivity contribution in [2.75, 3.05) is 11.9 Å². The average Bonchev–Trinajstić information content (AvgIpc) is 2.39. The molecule has 0 fully saturated rings. The van der Waals surface area contributed by atoms with Gasteiger partial charge in [0.05, 0.1) is 6.61 Å². The fourth-order valence-electron chi connectivity index (χ4n) is 1.66. The van der Waals surface area contributed by atoms with Gasteiger partial charge in [-0.15, -0.1) is 0 Å². The van der Waals surface area contributed by atoms with E-state index in [-0.39, 0.29) is 5.91 Å². The lowest BCUT2D eigenvalue weighted by atomic mass is 10.2. The fourth-order valence-corrected chi connectivity index (χ4v) is 2.06. The Morgan fingerprint density at radius 2 is 2.00 bits per heavy atom. The van der Waals surface area contributed by atoms with Gasteiger partial charge < -0.3 is 10.1 Å². The number of amides is 1. The van der Waals surface area contributed by atoms with Gasteiger partial charge in [0.1, 0.15) is 5.75 Å². The first-order chi connectivity index (χ1) is 9.19. The maximum absolute atomic E-state index is 12.1. The first kappa shape index (κ1) is 13.6. The maximum atomic E-state index is 12.1. The minimum atomic E-state index is -0.144. The molecular formula is C15H14BrNO2. The summed E-state index contributed by atoms with van der Waals surface area (Å²) < 4.78 is 6.27. The Kier molecular flexibility index (Phi) is 4.58. The summed E-state index contributed by atoms with van der Waals surface area (Å²) in [6, 6.07) is 14.6. The van der Waals surface area contributed by atoms with E-state index in [1.807, 2.05) is 37.3 Å². The van der Waals surface area contributed by atoms with Crippen molar-refractivity contribution >= 4 is 27.5 Å². The van der Waals surface area contributed by atoms with Crippen molar-refractivity contribution in [1.29, 1.82) is 0 Å². The summed E-state index contributed by atoms with van der Waals surface area (Å²) in [6.07, 6.45) is 0. The largest absolute Gasteiger partial charge is 0.494 e. The molecule has 2 rings (SSSR count). The van der Waals surface area contributed by atoms with E-state index in [1.54, 1.807) is 18.2 Å². The third-order valence-corrected chi connectivity index (χ3v) is 2.98. The first-order valence-electron chi connectivity index (χ1n) is 5.99. The van der Waals surface area contributed by atoms with Gasteiger partial charge in [0.2, 0.25) is 0 Å². The van der Waals surface area contributed by atoms with Crippen molar-refractivity contribution in [3.05, 3.63) is 58.6 Å². The summed E-state index contributed by atoms with van der Waals surface area (Å²) >= 11 is 3.35. The highest BCUT2D eigenvalue weighted by molar-refractivity contribution is 9.10. The number of hydrogen-bond acceptors (Lipinski definition) is 2. The van der Waals surface area contributed by atoms with E-state index in [1.165, 1.54) is 0 Å². The number of ether oxygens (including phenoxy) is 1. The second kappa shape index (κ2) is 6.38. The van der Waals surface area contributed by atoms with Crippen molar-refractivity contribution in [2.24, 2.45) is 0 Å². The Labute approximate surface area is 120 Å². The number of hydrogen-bond donors (Lipinski definition) is 1. The number of benzene rings is 2. The zero-order valence-corrected chi connectivity index (χ0v) is 12.1. The molecule has 0 spiro atoms. The van der Waals surface area contributed by atoms with Crippen LogP contribution in [0.1, 0.15) is 17.3 Å². The van der Waals surface area contributed by atoms with Crippen LogP contribution in [0.15, 0.2) is 53.0 Å². The second-order valence-corrected chi connectivity index (χ2v) is 4.84. The Morgan fingerprint density at radius 1 is 1.21 bits per heavy atom. The summed E-state index contributed by atoms with van der Waals surface area (Å²) in [5, 5.41) is 2.84. The molecule has 0 saturated carbocycles. The quantitative estimate of drug-likeness (QED) is 0.921. The highest BCUT2D eigenvalue weighted by Gasteiger charge is 2.06. The van der Waals surface area contributed by atoms with E-state index < -0.39 is 0 Å². The summed E-state index contributed by atoms with van der Waals surface area (Å²) in [7, 11) is 0. The van der Waals surface area contributed by atoms with Gasteiger partial charge in [0, 0.05) is 21.8 Å². The molecule has 0 aliphatic rings. The number of carbonyl (C=O) groups is 1. The van der Waals surface area contributed by atoms with Crippen molar-refractivity contribution in [2.45, 2.75) is 6.92 Å². The van der Waals surface area contributed by atoms with Crippen LogP contribution in [0.2, 0.25) is 0 Å². The Bertz CT molecular complexity index is 584. The minimum Gasteiger partial charge on any atom is -0.494 e. The summed E-state index contributed by atoms with van der Waals surface area (Å²) in [6.45, 7) is 2.52. The maximum Gasteiger partial charge on any atom is 0.255 e. The van der Waals surface area contributed by atoms with E-state index in [2.05, 4.69) is 21.2 Å². The van der Waals surface area contributed by atoms with Crippen LogP contribution in [-0.2, 0) is 0 Å². The third-order valence-electron chi connectivity index (χ3n) is 2.49. The molecule has 2 aromatic carbocycles. The summed E-state index contributed by atoms with van der Waals surface area (Å²) in [5.74, 6) is 0.601. The third kappa shape index (κ3) is 3.83. The van der Waals surface area contributed by atoms with Gasteiger partial charge in [-0.05, 0) is 37.3 Å². The van der Waals surface area contributed by atoms with Gasteiger partial charge in [-0.2, -0.15) is 0 Å². The predicted molar refractivity (Wildman–Crippen MR) is 79.7 cm³/mol. The van der Waals surface area contributed by atoms with Crippen LogP contribution in [0.5, 0.6) is 5.75 Å². The number of halogens is 1. The van der Waals surface area contributed by atoms with Crippen LogP contribution >= 0.6 is 15.9 Å². The topological polar surface area (TPSA) is 38.3 Å². The molecule has 0 bridgehead atoms. The van der Waals surface area contributed by atoms with Gasteiger partial charge in [0.25, 0.3) is 5.91 Å². The Hall–Kier alpha value is -1.81. The molecule has 0 aliphatic carbocycles. The molecule has 0 radical (unpaired) electrons. The minimum absolute atomic E-state index is 0.144. The standard InChI is InChI=1S/C15H14BrNO2/c1-2-19-14-8-4-7-13(10-14)17-15(18)11-5-3-6-12(16)9-11/h3-10H,2H2,1H3,(H,17,18). The number of anilines is 1. The van der Waals surface area contributed by atoms with Crippen LogP contribution in [0, 0.1) is 0 Å². The van der Waals surface area contributed by atoms with Gasteiger partial charge in [-0.3, -0.25) is 4.79 Å². The molecular weight excluding hydrogens is 306 g/mol. The van der Waals surface area contributed by atoms with Crippen LogP contribution in [0.4, 0.5) is 5.69 Å². The van der Waals surface area contributed by atoms with Crippen molar-refractivity contribution in [1.82, 2.24) is 0 Å². The lowest BCUT2D eigenvalue weighted by Gasteiger charge is -2.08. The molecule has 0 heterocycles. The van der Waals surface area contributed by atoms with E-state index in [0.29, 0.717) is 12.2 Å². The summed E-state index contributed by atoms with van der Waals surface area (Å²) in [5.41, 5.74) is 1.33. The predicted octanol–water partition coefficient (Wildman–Crippen LogP) is 4.10. The zero-order valence-electron chi connectivity index (χ0n) is 10.5. The lowest BCUT2D eigenvalue weighted by Crippen LogP contribution is -2.11. The van der Waals surface area contributed by atoms with Crippen LogP contribution in [-0.4, -0.2) is 12.5 Å². The second-order valence-electron chi connectivity index (χ2n) is 3.93. The molecule has 1 N–H and O–H groups in total. The van der Waals surface area contributed by atoms with E-state index in [0.717, 1.165) is 15.9 Å². The van der Waals surface area contributed by atoms with Crippen LogP contribution < -0.4 is 10.1 Å². The zero-order chi connectivity index (χ0) is 13.7. The van der Waals surface area contributed by atoms with Crippen LogP contribution in [0.25, 0.3) is 0 Å². The van der Waals surface area contributed by atoms with Gasteiger partial charge >= 0.3 is 0 Å². The van der Waals surface area contributed by atoms with Crippen molar-refractivity contribution in [3.8, 4) is 5.75 Å². The van der Waals surface area contributed by atoms with E-state index in [4.69, 9.17) is 4.74 Å². The molecule has 4 heteroatoms. The van der Waals surface area contributed by atoms with Gasteiger partial charge in [0.15, 0.2) is 0 Å². The monoisotopic (exact) mass is 319 g/mol. The number of carbonyl (C=O) groups excluding carboxylic acids is 1. The van der Waals surface area contributed by atoms with E-state index in [9.17, 15) is 4.79 Å². The molecule has 1 amide bonds. The van der Waals surface area contributed by atoms with Crippen LogP contribution in [0.3, 0.4) is 0 Å². The highest BCUT2D eigenvalue weighted by atomic mass is 79.9. The average molecular weight is 320 g/mol. The van der Waals surface area contributed by atoms with Gasteiger partial charge in [-0.25, -0.2) is 0 Å². The Morgan fingerprint density at radius 3 is 2.74 bits per heavy atom. The smallest absolute Gasteiger partial charge is 0.255 e. The van der Waals surface area contributed by atoms with Crippen molar-refractivity contribution < 1.29 is 9.53 Å². The highest BCUT2D eigenvalue weighted by Crippen LogP contribution is 2.19. The molecule has 3 nitrogen and oxygen atoms in total. The van der Waals surface area contributed by atoms with Crippen molar-refractivity contribution in [3.63, 3.8) is 0 Å². The number of nitrogens with one attached hydrogen (secondary N) is 1. The molecule has 98 valence electrons. The Balaban J connectivity index is 2.12. The molecule has 0 aromatic heterocycles. The molecule has 2 aromatic rings. The van der Waals surface area contributed by atoms with Gasteiger partial charge in [-0.1, -0.05) is 28.1 Å². The summed E-state index contributed by atoms with van der Waals surface area (Å²) in [4.78, 5) is 12.1. The number of rotatable bonds is 4. The molecule has 0 aliphatic heterocycles. The first-order valence-corrected chi connectivity index (χ1v) is 6.78. The normalized spacial score (nSPS) is 10.0. The SMILES string of the molecule is CCOc1cccc(NC(=O)c2cccc(Br)c2)c1. The molecule has 0 unspecified atom stereocenters.